The minimum atomic E-state index is 0.253. The maximum atomic E-state index is 9.59. The first-order chi connectivity index (χ1) is 8.45. The molecule has 1 unspecified atom stereocenters. The van der Waals surface area contributed by atoms with Gasteiger partial charge in [-0.05, 0) is 42.9 Å². The highest BCUT2D eigenvalue weighted by Gasteiger charge is 2.35. The first-order valence-electron chi connectivity index (χ1n) is 6.88. The summed E-state index contributed by atoms with van der Waals surface area (Å²) >= 11 is 0. The van der Waals surface area contributed by atoms with Gasteiger partial charge in [-0.15, -0.1) is 0 Å². The van der Waals surface area contributed by atoms with E-state index >= 15 is 0 Å². The number of aliphatic hydroxyl groups is 1. The van der Waals surface area contributed by atoms with Crippen LogP contribution in [0.15, 0.2) is 18.2 Å². The van der Waals surface area contributed by atoms with Crippen LogP contribution in [0.1, 0.15) is 31.4 Å². The second-order valence-electron chi connectivity index (χ2n) is 6.28. The van der Waals surface area contributed by atoms with Crippen LogP contribution < -0.4 is 4.90 Å². The Balaban J connectivity index is 2.23. The van der Waals surface area contributed by atoms with Crippen molar-refractivity contribution in [1.82, 2.24) is 0 Å². The van der Waals surface area contributed by atoms with Crippen LogP contribution in [0.3, 0.4) is 0 Å². The zero-order valence-corrected chi connectivity index (χ0v) is 12.0. The number of rotatable bonds is 2. The number of nitrogens with zero attached hydrogens (tertiary/aromatic N) is 1. The third kappa shape index (κ3) is 2.39. The van der Waals surface area contributed by atoms with E-state index in [0.29, 0.717) is 5.92 Å². The predicted molar refractivity (Wildman–Crippen MR) is 77.1 cm³/mol. The quantitative estimate of drug-likeness (QED) is 0.868. The predicted octanol–water partition coefficient (Wildman–Crippen LogP) is 3.15. The Kier molecular flexibility index (Phi) is 3.67. The van der Waals surface area contributed by atoms with Crippen molar-refractivity contribution >= 4 is 5.69 Å². The molecular formula is C16H25NO. The number of benzene rings is 1. The third-order valence-electron chi connectivity index (χ3n) is 4.71. The van der Waals surface area contributed by atoms with Crippen molar-refractivity contribution in [3.63, 3.8) is 0 Å². The largest absolute Gasteiger partial charge is 0.396 e. The van der Waals surface area contributed by atoms with E-state index in [9.17, 15) is 5.11 Å². The van der Waals surface area contributed by atoms with Crippen molar-refractivity contribution in [2.45, 2.75) is 34.1 Å². The summed E-state index contributed by atoms with van der Waals surface area (Å²) in [5.41, 5.74) is 4.30. The summed E-state index contributed by atoms with van der Waals surface area (Å²) in [7, 11) is 0. The number of piperidine rings is 1. The van der Waals surface area contributed by atoms with Gasteiger partial charge < -0.3 is 10.0 Å². The van der Waals surface area contributed by atoms with Crippen molar-refractivity contribution in [2.24, 2.45) is 11.3 Å². The van der Waals surface area contributed by atoms with Crippen molar-refractivity contribution in [3.8, 4) is 0 Å². The summed E-state index contributed by atoms with van der Waals surface area (Å²) in [5, 5.41) is 9.59. The standard InChI is InChI=1S/C16H25NO/c1-12-6-5-7-15(13(12)2)17-9-8-16(3,4)14(10-17)11-18/h5-7,14,18H,8-11H2,1-4H3. The van der Waals surface area contributed by atoms with E-state index < -0.39 is 0 Å². The van der Waals surface area contributed by atoms with E-state index in [4.69, 9.17) is 0 Å². The molecule has 0 amide bonds. The lowest BCUT2D eigenvalue weighted by molar-refractivity contribution is 0.0967. The minimum Gasteiger partial charge on any atom is -0.396 e. The highest BCUT2D eigenvalue weighted by atomic mass is 16.3. The fourth-order valence-corrected chi connectivity index (χ4v) is 2.83. The molecule has 0 aliphatic carbocycles. The fourth-order valence-electron chi connectivity index (χ4n) is 2.83. The molecule has 2 rings (SSSR count). The molecule has 18 heavy (non-hydrogen) atoms. The molecule has 2 nitrogen and oxygen atoms in total. The highest BCUT2D eigenvalue weighted by Crippen LogP contribution is 2.37. The number of hydrogen-bond donors (Lipinski definition) is 1. The number of hydrogen-bond acceptors (Lipinski definition) is 2. The average molecular weight is 247 g/mol. The summed E-state index contributed by atoms with van der Waals surface area (Å²) in [5.74, 6) is 0.367. The molecule has 1 saturated heterocycles. The Morgan fingerprint density at radius 3 is 2.72 bits per heavy atom. The Labute approximate surface area is 111 Å². The summed E-state index contributed by atoms with van der Waals surface area (Å²) in [6.07, 6.45) is 1.14. The second-order valence-corrected chi connectivity index (χ2v) is 6.28. The van der Waals surface area contributed by atoms with Gasteiger partial charge in [0, 0.05) is 31.3 Å². The molecule has 0 bridgehead atoms. The lowest BCUT2D eigenvalue weighted by Gasteiger charge is -2.44. The molecular weight excluding hydrogens is 222 g/mol. The zero-order valence-electron chi connectivity index (χ0n) is 12.0. The van der Waals surface area contributed by atoms with Gasteiger partial charge in [-0.2, -0.15) is 0 Å². The molecule has 1 aromatic rings. The Bertz CT molecular complexity index is 425. The van der Waals surface area contributed by atoms with Crippen LogP contribution in [0.5, 0.6) is 0 Å². The molecule has 1 N–H and O–H groups in total. The zero-order chi connectivity index (χ0) is 13.3. The Morgan fingerprint density at radius 2 is 2.06 bits per heavy atom. The molecule has 0 saturated carbocycles. The smallest absolute Gasteiger partial charge is 0.0481 e. The molecule has 0 spiro atoms. The van der Waals surface area contributed by atoms with Gasteiger partial charge in [0.2, 0.25) is 0 Å². The van der Waals surface area contributed by atoms with Gasteiger partial charge >= 0.3 is 0 Å². The van der Waals surface area contributed by atoms with Gasteiger partial charge in [0.15, 0.2) is 0 Å². The topological polar surface area (TPSA) is 23.5 Å². The van der Waals surface area contributed by atoms with Crippen LogP contribution in [0, 0.1) is 25.2 Å². The van der Waals surface area contributed by atoms with E-state index in [-0.39, 0.29) is 12.0 Å². The van der Waals surface area contributed by atoms with Crippen molar-refractivity contribution in [3.05, 3.63) is 29.3 Å². The van der Waals surface area contributed by atoms with Crippen LogP contribution in [-0.2, 0) is 0 Å². The van der Waals surface area contributed by atoms with Crippen LogP contribution in [0.4, 0.5) is 5.69 Å². The van der Waals surface area contributed by atoms with Gasteiger partial charge in [0.25, 0.3) is 0 Å². The monoisotopic (exact) mass is 247 g/mol. The maximum Gasteiger partial charge on any atom is 0.0481 e. The van der Waals surface area contributed by atoms with Crippen LogP contribution >= 0.6 is 0 Å². The van der Waals surface area contributed by atoms with Crippen molar-refractivity contribution in [1.29, 1.82) is 0 Å². The summed E-state index contributed by atoms with van der Waals surface area (Å²) < 4.78 is 0. The van der Waals surface area contributed by atoms with E-state index in [1.165, 1.54) is 16.8 Å². The fraction of sp³-hybridized carbons (Fsp3) is 0.625. The molecule has 1 aliphatic rings. The molecule has 0 radical (unpaired) electrons. The molecule has 2 heteroatoms. The molecule has 0 aromatic heterocycles. The van der Waals surface area contributed by atoms with Crippen molar-refractivity contribution < 1.29 is 5.11 Å². The van der Waals surface area contributed by atoms with Gasteiger partial charge in [-0.25, -0.2) is 0 Å². The number of anilines is 1. The van der Waals surface area contributed by atoms with Gasteiger partial charge in [-0.1, -0.05) is 26.0 Å². The number of aliphatic hydroxyl groups excluding tert-OH is 1. The maximum absolute atomic E-state index is 9.59. The number of aryl methyl sites for hydroxylation is 1. The van der Waals surface area contributed by atoms with Gasteiger partial charge in [0.05, 0.1) is 0 Å². The minimum absolute atomic E-state index is 0.253. The first kappa shape index (κ1) is 13.4. The molecule has 1 fully saturated rings. The normalized spacial score (nSPS) is 23.2. The van der Waals surface area contributed by atoms with Crippen LogP contribution in [-0.4, -0.2) is 24.8 Å². The van der Waals surface area contributed by atoms with Gasteiger partial charge in [0.1, 0.15) is 0 Å². The third-order valence-corrected chi connectivity index (χ3v) is 4.71. The van der Waals surface area contributed by atoms with Gasteiger partial charge in [-0.3, -0.25) is 0 Å². The molecule has 1 aromatic carbocycles. The van der Waals surface area contributed by atoms with E-state index in [0.717, 1.165) is 19.5 Å². The first-order valence-corrected chi connectivity index (χ1v) is 6.88. The Hall–Kier alpha value is -1.02. The highest BCUT2D eigenvalue weighted by molar-refractivity contribution is 5.56. The summed E-state index contributed by atoms with van der Waals surface area (Å²) in [6, 6.07) is 6.50. The Morgan fingerprint density at radius 1 is 1.33 bits per heavy atom. The average Bonchev–Trinajstić information content (AvgIpc) is 2.33. The molecule has 100 valence electrons. The summed E-state index contributed by atoms with van der Waals surface area (Å²) in [6.45, 7) is 11.2. The van der Waals surface area contributed by atoms with Crippen LogP contribution in [0.25, 0.3) is 0 Å². The van der Waals surface area contributed by atoms with E-state index in [1.54, 1.807) is 0 Å². The lowest BCUT2D eigenvalue weighted by Crippen LogP contribution is -2.46. The second kappa shape index (κ2) is 4.93. The molecule has 1 heterocycles. The summed E-state index contributed by atoms with van der Waals surface area (Å²) in [4.78, 5) is 2.44. The van der Waals surface area contributed by atoms with E-state index in [1.807, 2.05) is 0 Å². The lowest BCUT2D eigenvalue weighted by atomic mass is 9.73. The van der Waals surface area contributed by atoms with E-state index in [2.05, 4.69) is 50.8 Å². The molecule has 1 atom stereocenters. The molecule has 1 aliphatic heterocycles. The van der Waals surface area contributed by atoms with Crippen LogP contribution in [0.2, 0.25) is 0 Å². The van der Waals surface area contributed by atoms with Crippen molar-refractivity contribution in [2.75, 3.05) is 24.6 Å². The SMILES string of the molecule is Cc1cccc(N2CCC(C)(C)C(CO)C2)c1C.